The smallest absolute Gasteiger partial charge is 0.229 e. The molecule has 0 aromatic heterocycles. The SMILES string of the molecule is C=C=CCCN1C(=O)CCC1=O. The molecule has 0 aliphatic carbocycles. The minimum absolute atomic E-state index is 0.0579. The Morgan fingerprint density at radius 3 is 2.50 bits per heavy atom. The van der Waals surface area contributed by atoms with E-state index in [0.29, 0.717) is 25.8 Å². The van der Waals surface area contributed by atoms with Gasteiger partial charge in [-0.05, 0) is 12.5 Å². The Bertz CT molecular complexity index is 235. The van der Waals surface area contributed by atoms with E-state index >= 15 is 0 Å². The van der Waals surface area contributed by atoms with Crippen molar-refractivity contribution in [1.82, 2.24) is 4.90 Å². The maximum atomic E-state index is 11.0. The molecule has 1 aliphatic rings. The summed E-state index contributed by atoms with van der Waals surface area (Å²) in [6, 6.07) is 0. The topological polar surface area (TPSA) is 37.4 Å². The fraction of sp³-hybridized carbons (Fsp3) is 0.444. The third-order valence-electron chi connectivity index (χ3n) is 1.80. The molecule has 1 saturated heterocycles. The maximum absolute atomic E-state index is 11.0. The van der Waals surface area contributed by atoms with Crippen molar-refractivity contribution in [3.05, 3.63) is 18.4 Å². The van der Waals surface area contributed by atoms with Crippen LogP contribution in [-0.4, -0.2) is 23.3 Å². The van der Waals surface area contributed by atoms with E-state index in [4.69, 9.17) is 0 Å². The fourth-order valence-electron chi connectivity index (χ4n) is 1.17. The van der Waals surface area contributed by atoms with Gasteiger partial charge >= 0.3 is 0 Å². The number of amides is 2. The highest BCUT2D eigenvalue weighted by Gasteiger charge is 2.27. The summed E-state index contributed by atoms with van der Waals surface area (Å²) in [4.78, 5) is 23.4. The molecule has 12 heavy (non-hydrogen) atoms. The van der Waals surface area contributed by atoms with Crippen LogP contribution in [0, 0.1) is 0 Å². The third-order valence-corrected chi connectivity index (χ3v) is 1.80. The largest absolute Gasteiger partial charge is 0.282 e. The Balaban J connectivity index is 2.44. The summed E-state index contributed by atoms with van der Waals surface area (Å²) in [6.45, 7) is 3.87. The Hall–Kier alpha value is -1.34. The lowest BCUT2D eigenvalue weighted by molar-refractivity contribution is -0.138. The molecular formula is C9H11NO2. The number of rotatable bonds is 3. The zero-order valence-electron chi connectivity index (χ0n) is 6.88. The van der Waals surface area contributed by atoms with E-state index in [1.54, 1.807) is 6.08 Å². The first-order valence-electron chi connectivity index (χ1n) is 3.93. The second-order valence-corrected chi connectivity index (χ2v) is 2.64. The summed E-state index contributed by atoms with van der Waals surface area (Å²) in [7, 11) is 0. The van der Waals surface area contributed by atoms with Crippen LogP contribution in [0.15, 0.2) is 18.4 Å². The van der Waals surface area contributed by atoms with Gasteiger partial charge in [-0.3, -0.25) is 14.5 Å². The van der Waals surface area contributed by atoms with Crippen LogP contribution in [0.5, 0.6) is 0 Å². The highest BCUT2D eigenvalue weighted by Crippen LogP contribution is 2.11. The number of hydrogen-bond donors (Lipinski definition) is 0. The molecule has 3 nitrogen and oxygen atoms in total. The Morgan fingerprint density at radius 2 is 2.00 bits per heavy atom. The van der Waals surface area contributed by atoms with Gasteiger partial charge in [0.05, 0.1) is 0 Å². The molecule has 1 aliphatic heterocycles. The molecule has 0 aromatic rings. The highest BCUT2D eigenvalue weighted by molar-refractivity contribution is 6.01. The van der Waals surface area contributed by atoms with Gasteiger partial charge in [0.1, 0.15) is 0 Å². The third kappa shape index (κ3) is 1.83. The molecule has 2 amide bonds. The standard InChI is InChI=1S/C9H11NO2/c1-2-3-4-7-10-8(11)5-6-9(10)12/h3H,1,4-7H2. The summed E-state index contributed by atoms with van der Waals surface area (Å²) in [5.41, 5.74) is 2.60. The van der Waals surface area contributed by atoms with Gasteiger partial charge in [-0.1, -0.05) is 6.58 Å². The van der Waals surface area contributed by atoms with Crippen LogP contribution in [0.4, 0.5) is 0 Å². The predicted octanol–water partition coefficient (Wildman–Crippen LogP) is 0.867. The summed E-state index contributed by atoms with van der Waals surface area (Å²) in [6.07, 6.45) is 3.12. The summed E-state index contributed by atoms with van der Waals surface area (Å²) >= 11 is 0. The molecule has 0 atom stereocenters. The average Bonchev–Trinajstić information content (AvgIpc) is 2.35. The van der Waals surface area contributed by atoms with Gasteiger partial charge in [0.25, 0.3) is 0 Å². The fourth-order valence-corrected chi connectivity index (χ4v) is 1.17. The molecule has 1 fully saturated rings. The number of likely N-dealkylation sites (tertiary alicyclic amines) is 1. The molecule has 0 aromatic carbocycles. The van der Waals surface area contributed by atoms with Gasteiger partial charge in [-0.15, -0.1) is 5.73 Å². The lowest BCUT2D eigenvalue weighted by atomic mass is 10.4. The number of hydrogen-bond acceptors (Lipinski definition) is 2. The lowest BCUT2D eigenvalue weighted by Crippen LogP contribution is -2.29. The molecule has 0 spiro atoms. The Morgan fingerprint density at radius 1 is 1.42 bits per heavy atom. The first-order chi connectivity index (χ1) is 5.75. The van der Waals surface area contributed by atoms with E-state index in [1.807, 2.05) is 0 Å². The van der Waals surface area contributed by atoms with Crippen molar-refractivity contribution >= 4 is 11.8 Å². The molecule has 0 N–H and O–H groups in total. The summed E-state index contributed by atoms with van der Waals surface area (Å²) < 4.78 is 0. The minimum atomic E-state index is -0.0579. The normalized spacial score (nSPS) is 16.5. The van der Waals surface area contributed by atoms with Crippen LogP contribution < -0.4 is 0 Å². The van der Waals surface area contributed by atoms with Crippen LogP contribution >= 0.6 is 0 Å². The maximum Gasteiger partial charge on any atom is 0.229 e. The number of carbonyl (C=O) groups excluding carboxylic acids is 2. The molecule has 1 rings (SSSR count). The van der Waals surface area contributed by atoms with Crippen LogP contribution in [0.2, 0.25) is 0 Å². The van der Waals surface area contributed by atoms with Gasteiger partial charge in [-0.25, -0.2) is 0 Å². The average molecular weight is 165 g/mol. The van der Waals surface area contributed by atoms with Gasteiger partial charge < -0.3 is 0 Å². The summed E-state index contributed by atoms with van der Waals surface area (Å²) in [5.74, 6) is -0.116. The van der Waals surface area contributed by atoms with Crippen LogP contribution in [0.1, 0.15) is 19.3 Å². The zero-order valence-corrected chi connectivity index (χ0v) is 6.88. The molecule has 3 heteroatoms. The Kier molecular flexibility index (Phi) is 2.83. The minimum Gasteiger partial charge on any atom is -0.282 e. The van der Waals surface area contributed by atoms with E-state index in [9.17, 15) is 9.59 Å². The zero-order chi connectivity index (χ0) is 8.97. The van der Waals surface area contributed by atoms with Crippen molar-refractivity contribution in [2.45, 2.75) is 19.3 Å². The second-order valence-electron chi connectivity index (χ2n) is 2.64. The van der Waals surface area contributed by atoms with Crippen molar-refractivity contribution in [2.75, 3.05) is 6.54 Å². The van der Waals surface area contributed by atoms with E-state index in [0.717, 1.165) is 0 Å². The number of nitrogens with zero attached hydrogens (tertiary/aromatic N) is 1. The van der Waals surface area contributed by atoms with Gasteiger partial charge in [0.2, 0.25) is 11.8 Å². The van der Waals surface area contributed by atoms with E-state index in [-0.39, 0.29) is 11.8 Å². The highest BCUT2D eigenvalue weighted by atomic mass is 16.2. The van der Waals surface area contributed by atoms with Crippen molar-refractivity contribution in [1.29, 1.82) is 0 Å². The van der Waals surface area contributed by atoms with Gasteiger partial charge in [0, 0.05) is 19.4 Å². The molecule has 0 radical (unpaired) electrons. The molecule has 0 unspecified atom stereocenters. The molecule has 64 valence electrons. The van der Waals surface area contributed by atoms with Crippen molar-refractivity contribution in [3.63, 3.8) is 0 Å². The molecule has 1 heterocycles. The van der Waals surface area contributed by atoms with Gasteiger partial charge in [-0.2, -0.15) is 0 Å². The first-order valence-corrected chi connectivity index (χ1v) is 3.93. The van der Waals surface area contributed by atoms with Crippen LogP contribution in [-0.2, 0) is 9.59 Å². The number of carbonyl (C=O) groups is 2. The first kappa shape index (κ1) is 8.75. The number of imide groups is 1. The molecular weight excluding hydrogens is 154 g/mol. The van der Waals surface area contributed by atoms with E-state index in [1.165, 1.54) is 4.90 Å². The molecule has 0 bridgehead atoms. The van der Waals surface area contributed by atoms with Crippen molar-refractivity contribution in [3.8, 4) is 0 Å². The quantitative estimate of drug-likeness (QED) is 0.459. The molecule has 0 saturated carbocycles. The van der Waals surface area contributed by atoms with E-state index < -0.39 is 0 Å². The van der Waals surface area contributed by atoms with Crippen LogP contribution in [0.3, 0.4) is 0 Å². The van der Waals surface area contributed by atoms with Crippen LogP contribution in [0.25, 0.3) is 0 Å². The summed E-state index contributed by atoms with van der Waals surface area (Å²) in [5, 5.41) is 0. The van der Waals surface area contributed by atoms with Crippen molar-refractivity contribution < 1.29 is 9.59 Å². The predicted molar refractivity (Wildman–Crippen MR) is 44.3 cm³/mol. The second kappa shape index (κ2) is 3.88. The lowest BCUT2D eigenvalue weighted by Gasteiger charge is -2.10. The Labute approximate surface area is 71.4 Å². The van der Waals surface area contributed by atoms with E-state index in [2.05, 4.69) is 12.3 Å². The van der Waals surface area contributed by atoms with Crippen molar-refractivity contribution in [2.24, 2.45) is 0 Å². The van der Waals surface area contributed by atoms with Gasteiger partial charge in [0.15, 0.2) is 0 Å². The monoisotopic (exact) mass is 165 g/mol.